The topological polar surface area (TPSA) is 69.7 Å². The first kappa shape index (κ1) is 12.2. The summed E-state index contributed by atoms with van der Waals surface area (Å²) in [5.41, 5.74) is 0.856. The number of aryl methyl sites for hydroxylation is 1. The Labute approximate surface area is 103 Å². The lowest BCUT2D eigenvalue weighted by atomic mass is 10.2. The molecule has 0 radical (unpaired) electrons. The van der Waals surface area contributed by atoms with Crippen molar-refractivity contribution in [2.24, 2.45) is 0 Å². The van der Waals surface area contributed by atoms with Crippen LogP contribution in [0.25, 0.3) is 0 Å². The highest BCUT2D eigenvalue weighted by Gasteiger charge is 2.20. The standard InChI is InChI=1S/C13H12O5/c1-2-10-11(18-13(15)17-10)12(14)16-8-9-6-4-3-5-7-9/h3-7H,2,8H2,1H3. The molecule has 1 aromatic heterocycles. The molecule has 0 atom stereocenters. The SMILES string of the molecule is CCc1oc(=O)oc1C(=O)OCc1ccccc1. The van der Waals surface area contributed by atoms with Crippen LogP contribution in [0, 0.1) is 0 Å². The summed E-state index contributed by atoms with van der Waals surface area (Å²) < 4.78 is 14.4. The summed E-state index contributed by atoms with van der Waals surface area (Å²) in [4.78, 5) is 22.6. The van der Waals surface area contributed by atoms with Crippen LogP contribution in [0.4, 0.5) is 0 Å². The number of hydrogen-bond donors (Lipinski definition) is 0. The monoisotopic (exact) mass is 248 g/mol. The molecule has 0 spiro atoms. The third kappa shape index (κ3) is 2.68. The molecule has 0 N–H and O–H groups in total. The largest absolute Gasteiger partial charge is 0.519 e. The zero-order valence-corrected chi connectivity index (χ0v) is 9.84. The summed E-state index contributed by atoms with van der Waals surface area (Å²) in [6, 6.07) is 9.23. The molecule has 0 unspecified atom stereocenters. The van der Waals surface area contributed by atoms with Gasteiger partial charge in [-0.2, -0.15) is 0 Å². The fraction of sp³-hybridized carbons (Fsp3) is 0.231. The molecular formula is C13H12O5. The fourth-order valence-electron chi connectivity index (χ4n) is 1.48. The quantitative estimate of drug-likeness (QED) is 0.775. The first-order chi connectivity index (χ1) is 8.70. The van der Waals surface area contributed by atoms with Gasteiger partial charge in [-0.1, -0.05) is 37.3 Å². The first-order valence-corrected chi connectivity index (χ1v) is 5.54. The minimum atomic E-state index is -0.890. The molecule has 18 heavy (non-hydrogen) atoms. The molecule has 0 aliphatic rings. The smallest absolute Gasteiger partial charge is 0.455 e. The van der Waals surface area contributed by atoms with Crippen molar-refractivity contribution in [2.75, 3.05) is 0 Å². The minimum absolute atomic E-state index is 0.123. The molecule has 0 saturated heterocycles. The molecule has 2 rings (SSSR count). The molecule has 5 heteroatoms. The van der Waals surface area contributed by atoms with Gasteiger partial charge in [0.05, 0.1) is 0 Å². The number of carbonyl (C=O) groups excluding carboxylic acids is 1. The Bertz CT molecular complexity index is 579. The van der Waals surface area contributed by atoms with Crippen LogP contribution in [0.3, 0.4) is 0 Å². The van der Waals surface area contributed by atoms with E-state index in [-0.39, 0.29) is 18.1 Å². The fourth-order valence-corrected chi connectivity index (χ4v) is 1.48. The third-order valence-electron chi connectivity index (χ3n) is 2.36. The summed E-state index contributed by atoms with van der Waals surface area (Å²) in [5, 5.41) is 0. The lowest BCUT2D eigenvalue weighted by molar-refractivity contribution is 0.0432. The van der Waals surface area contributed by atoms with Crippen LogP contribution in [0.15, 0.2) is 44.0 Å². The maximum atomic E-state index is 11.7. The predicted octanol–water partition coefficient (Wildman–Crippen LogP) is 2.15. The Hall–Kier alpha value is -2.30. The van der Waals surface area contributed by atoms with E-state index in [0.29, 0.717) is 6.42 Å². The lowest BCUT2D eigenvalue weighted by Gasteiger charge is -2.02. The van der Waals surface area contributed by atoms with Crippen molar-refractivity contribution >= 4 is 5.97 Å². The third-order valence-corrected chi connectivity index (χ3v) is 2.36. The van der Waals surface area contributed by atoms with E-state index in [0.717, 1.165) is 5.56 Å². The van der Waals surface area contributed by atoms with E-state index in [1.165, 1.54) is 0 Å². The van der Waals surface area contributed by atoms with E-state index < -0.39 is 11.8 Å². The molecule has 0 bridgehead atoms. The summed E-state index contributed by atoms with van der Waals surface area (Å²) in [7, 11) is 0. The second-order valence-corrected chi connectivity index (χ2v) is 3.62. The molecule has 0 saturated carbocycles. The van der Waals surface area contributed by atoms with Crippen LogP contribution in [0.2, 0.25) is 0 Å². The number of rotatable bonds is 4. The molecule has 1 aromatic carbocycles. The predicted molar refractivity (Wildman–Crippen MR) is 62.2 cm³/mol. The van der Waals surface area contributed by atoms with Gasteiger partial charge in [0.25, 0.3) is 5.76 Å². The van der Waals surface area contributed by atoms with E-state index >= 15 is 0 Å². The second-order valence-electron chi connectivity index (χ2n) is 3.62. The van der Waals surface area contributed by atoms with Gasteiger partial charge >= 0.3 is 11.8 Å². The highest BCUT2D eigenvalue weighted by Crippen LogP contribution is 2.11. The number of carbonyl (C=O) groups is 1. The number of esters is 1. The zero-order chi connectivity index (χ0) is 13.0. The summed E-state index contributed by atoms with van der Waals surface area (Å²) in [5.74, 6) is -1.53. The molecule has 0 aliphatic carbocycles. The van der Waals surface area contributed by atoms with Crippen molar-refractivity contribution in [3.8, 4) is 0 Å². The molecule has 1 heterocycles. The van der Waals surface area contributed by atoms with Gasteiger partial charge in [0.2, 0.25) is 0 Å². The van der Waals surface area contributed by atoms with Gasteiger partial charge in [-0.25, -0.2) is 9.59 Å². The van der Waals surface area contributed by atoms with Gasteiger partial charge in [0, 0.05) is 6.42 Å². The van der Waals surface area contributed by atoms with Gasteiger partial charge < -0.3 is 13.6 Å². The Morgan fingerprint density at radius 3 is 2.61 bits per heavy atom. The lowest BCUT2D eigenvalue weighted by Crippen LogP contribution is -2.06. The highest BCUT2D eigenvalue weighted by molar-refractivity contribution is 5.87. The molecule has 0 amide bonds. The van der Waals surface area contributed by atoms with E-state index in [1.807, 2.05) is 30.3 Å². The van der Waals surface area contributed by atoms with E-state index in [2.05, 4.69) is 4.42 Å². The zero-order valence-electron chi connectivity index (χ0n) is 9.84. The van der Waals surface area contributed by atoms with Crippen molar-refractivity contribution in [3.63, 3.8) is 0 Å². The van der Waals surface area contributed by atoms with Gasteiger partial charge in [-0.3, -0.25) is 0 Å². The summed E-state index contributed by atoms with van der Waals surface area (Å²) in [6.07, 6.45) is 0.390. The molecule has 0 aliphatic heterocycles. The van der Waals surface area contributed by atoms with Crippen LogP contribution < -0.4 is 5.82 Å². The highest BCUT2D eigenvalue weighted by atomic mass is 16.6. The van der Waals surface area contributed by atoms with Crippen molar-refractivity contribution in [1.82, 2.24) is 0 Å². The maximum absolute atomic E-state index is 11.7. The van der Waals surface area contributed by atoms with Crippen LogP contribution in [0.5, 0.6) is 0 Å². The Kier molecular flexibility index (Phi) is 3.62. The second kappa shape index (κ2) is 5.35. The van der Waals surface area contributed by atoms with Crippen LogP contribution >= 0.6 is 0 Å². The molecule has 94 valence electrons. The number of benzene rings is 1. The van der Waals surface area contributed by atoms with Gasteiger partial charge in [0.15, 0.2) is 5.76 Å². The molecule has 0 fully saturated rings. The van der Waals surface area contributed by atoms with Crippen LogP contribution in [0.1, 0.15) is 28.8 Å². The van der Waals surface area contributed by atoms with Crippen LogP contribution in [-0.4, -0.2) is 5.97 Å². The summed E-state index contributed by atoms with van der Waals surface area (Å²) >= 11 is 0. The first-order valence-electron chi connectivity index (χ1n) is 5.54. The maximum Gasteiger partial charge on any atom is 0.519 e. The van der Waals surface area contributed by atoms with Gasteiger partial charge in [-0.05, 0) is 5.56 Å². The summed E-state index contributed by atoms with van der Waals surface area (Å²) in [6.45, 7) is 1.87. The van der Waals surface area contributed by atoms with Gasteiger partial charge in [0.1, 0.15) is 6.61 Å². The van der Waals surface area contributed by atoms with Crippen molar-refractivity contribution in [3.05, 3.63) is 58.0 Å². The number of hydrogen-bond acceptors (Lipinski definition) is 5. The Morgan fingerprint density at radius 2 is 1.94 bits per heavy atom. The Morgan fingerprint density at radius 1 is 1.22 bits per heavy atom. The molecule has 2 aromatic rings. The van der Waals surface area contributed by atoms with Crippen molar-refractivity contribution in [2.45, 2.75) is 20.0 Å². The average Bonchev–Trinajstić information content (AvgIpc) is 2.78. The normalized spacial score (nSPS) is 10.3. The minimum Gasteiger partial charge on any atom is -0.455 e. The average molecular weight is 248 g/mol. The molecular weight excluding hydrogens is 236 g/mol. The molecule has 5 nitrogen and oxygen atoms in total. The van der Waals surface area contributed by atoms with Crippen molar-refractivity contribution < 1.29 is 18.4 Å². The number of ether oxygens (including phenoxy) is 1. The van der Waals surface area contributed by atoms with Gasteiger partial charge in [-0.15, -0.1) is 0 Å². The van der Waals surface area contributed by atoms with Crippen molar-refractivity contribution in [1.29, 1.82) is 0 Å². The van der Waals surface area contributed by atoms with E-state index in [4.69, 9.17) is 9.15 Å². The van der Waals surface area contributed by atoms with E-state index in [1.54, 1.807) is 6.92 Å². The van der Waals surface area contributed by atoms with Crippen LogP contribution in [-0.2, 0) is 17.8 Å². The van der Waals surface area contributed by atoms with E-state index in [9.17, 15) is 9.59 Å². The Balaban J connectivity index is 2.06.